The minimum absolute atomic E-state index is 0.00244. The van der Waals surface area contributed by atoms with Gasteiger partial charge in [0, 0.05) is 31.9 Å². The maximum absolute atomic E-state index is 12.6. The van der Waals surface area contributed by atoms with Crippen molar-refractivity contribution in [2.24, 2.45) is 0 Å². The Morgan fingerprint density at radius 2 is 1.81 bits per heavy atom. The molecule has 0 aliphatic carbocycles. The molecule has 6 heteroatoms. The van der Waals surface area contributed by atoms with Crippen molar-refractivity contribution in [3.8, 4) is 11.5 Å². The summed E-state index contributed by atoms with van der Waals surface area (Å²) >= 11 is 0. The number of methoxy groups -OCH3 is 1. The Morgan fingerprint density at radius 1 is 1.07 bits per heavy atom. The van der Waals surface area contributed by atoms with Gasteiger partial charge in [0.1, 0.15) is 18.1 Å². The molecule has 1 N–H and O–H groups in total. The number of carbonyl (C=O) groups excluding carboxylic acids is 1. The molecule has 27 heavy (non-hydrogen) atoms. The highest BCUT2D eigenvalue weighted by Crippen LogP contribution is 2.24. The summed E-state index contributed by atoms with van der Waals surface area (Å²) in [6, 6.07) is 16.1. The van der Waals surface area contributed by atoms with E-state index in [0.717, 1.165) is 42.3 Å². The van der Waals surface area contributed by atoms with Crippen LogP contribution in [0.1, 0.15) is 5.56 Å². The number of nitrogens with zero attached hydrogens (tertiary/aromatic N) is 2. The molecule has 1 saturated heterocycles. The first kappa shape index (κ1) is 17.5. The molecule has 2 amide bonds. The number of piperazine rings is 1. The van der Waals surface area contributed by atoms with Crippen molar-refractivity contribution in [3.05, 3.63) is 54.1 Å². The molecule has 0 saturated carbocycles. The van der Waals surface area contributed by atoms with Crippen LogP contribution in [0.25, 0.3) is 0 Å². The molecule has 2 aromatic rings. The van der Waals surface area contributed by atoms with Crippen molar-refractivity contribution in [3.63, 3.8) is 0 Å². The lowest BCUT2D eigenvalue weighted by Crippen LogP contribution is -2.55. The zero-order chi connectivity index (χ0) is 18.6. The summed E-state index contributed by atoms with van der Waals surface area (Å²) in [4.78, 5) is 16.8. The quantitative estimate of drug-likeness (QED) is 0.906. The van der Waals surface area contributed by atoms with Crippen LogP contribution >= 0.6 is 0 Å². The number of nitrogens with one attached hydrogen (secondary N) is 1. The van der Waals surface area contributed by atoms with Gasteiger partial charge in [-0.15, -0.1) is 0 Å². The second-order valence-corrected chi connectivity index (χ2v) is 6.94. The fourth-order valence-electron chi connectivity index (χ4n) is 3.65. The molecule has 1 fully saturated rings. The van der Waals surface area contributed by atoms with Gasteiger partial charge in [0.25, 0.3) is 0 Å². The molecule has 0 radical (unpaired) electrons. The Labute approximate surface area is 159 Å². The highest BCUT2D eigenvalue weighted by Gasteiger charge is 2.26. The summed E-state index contributed by atoms with van der Waals surface area (Å²) in [7, 11) is 1.67. The largest absolute Gasteiger partial charge is 0.497 e. The lowest BCUT2D eigenvalue weighted by molar-refractivity contribution is 0.178. The second kappa shape index (κ2) is 7.78. The lowest BCUT2D eigenvalue weighted by atomic mass is 10.0. The fourth-order valence-corrected chi connectivity index (χ4v) is 3.65. The van der Waals surface area contributed by atoms with Crippen LogP contribution in [0.15, 0.2) is 48.5 Å². The third-order valence-electron chi connectivity index (χ3n) is 5.21. The van der Waals surface area contributed by atoms with Gasteiger partial charge in [0.15, 0.2) is 0 Å². The first-order valence-electron chi connectivity index (χ1n) is 9.38. The number of ether oxygens (including phenoxy) is 2. The van der Waals surface area contributed by atoms with Crippen molar-refractivity contribution in [2.45, 2.75) is 12.5 Å². The Kier molecular flexibility index (Phi) is 5.05. The summed E-state index contributed by atoms with van der Waals surface area (Å²) in [5, 5.41) is 3.13. The van der Waals surface area contributed by atoms with Gasteiger partial charge < -0.3 is 24.6 Å². The summed E-state index contributed by atoms with van der Waals surface area (Å²) in [5.74, 6) is 1.78. The van der Waals surface area contributed by atoms with Crippen molar-refractivity contribution in [1.82, 2.24) is 10.2 Å². The number of fused-ring (bicyclic) bond motifs is 1. The minimum Gasteiger partial charge on any atom is -0.497 e. The molecule has 0 bridgehead atoms. The van der Waals surface area contributed by atoms with Crippen molar-refractivity contribution < 1.29 is 14.3 Å². The van der Waals surface area contributed by atoms with Crippen LogP contribution < -0.4 is 19.7 Å². The highest BCUT2D eigenvalue weighted by molar-refractivity contribution is 5.75. The predicted molar refractivity (Wildman–Crippen MR) is 105 cm³/mol. The molecule has 4 rings (SSSR count). The van der Waals surface area contributed by atoms with E-state index in [1.54, 1.807) is 7.11 Å². The van der Waals surface area contributed by atoms with E-state index in [2.05, 4.69) is 28.4 Å². The number of rotatable bonds is 3. The van der Waals surface area contributed by atoms with Gasteiger partial charge in [-0.25, -0.2) is 4.79 Å². The van der Waals surface area contributed by atoms with E-state index >= 15 is 0 Å². The van der Waals surface area contributed by atoms with Gasteiger partial charge in [-0.2, -0.15) is 0 Å². The van der Waals surface area contributed by atoms with E-state index in [-0.39, 0.29) is 12.1 Å². The molecule has 2 aliphatic heterocycles. The number of para-hydroxylation sites is 1. The summed E-state index contributed by atoms with van der Waals surface area (Å²) in [6.45, 7) is 3.59. The van der Waals surface area contributed by atoms with E-state index in [9.17, 15) is 4.79 Å². The first-order valence-corrected chi connectivity index (χ1v) is 9.38. The molecule has 6 nitrogen and oxygen atoms in total. The van der Waals surface area contributed by atoms with Crippen LogP contribution in [0.2, 0.25) is 0 Å². The Hall–Kier alpha value is -2.89. The number of urea groups is 1. The van der Waals surface area contributed by atoms with Gasteiger partial charge in [-0.05, 0) is 42.3 Å². The van der Waals surface area contributed by atoms with Crippen LogP contribution in [0.3, 0.4) is 0 Å². The molecule has 0 unspecified atom stereocenters. The number of benzene rings is 2. The van der Waals surface area contributed by atoms with Crippen LogP contribution in [0.5, 0.6) is 11.5 Å². The van der Waals surface area contributed by atoms with E-state index in [0.29, 0.717) is 19.7 Å². The van der Waals surface area contributed by atoms with E-state index in [4.69, 9.17) is 9.47 Å². The van der Waals surface area contributed by atoms with Crippen LogP contribution in [-0.4, -0.2) is 56.9 Å². The van der Waals surface area contributed by atoms with Crippen LogP contribution in [-0.2, 0) is 6.42 Å². The zero-order valence-corrected chi connectivity index (χ0v) is 15.6. The number of hydrogen-bond acceptors (Lipinski definition) is 4. The SMILES string of the molecule is COc1ccc(N2CCN(C(=O)N[C@@H]3COc4ccccc4C3)CC2)cc1. The van der Waals surface area contributed by atoms with Crippen LogP contribution in [0, 0.1) is 0 Å². The number of amides is 2. The van der Waals surface area contributed by atoms with Gasteiger partial charge >= 0.3 is 6.03 Å². The van der Waals surface area contributed by atoms with E-state index in [1.165, 1.54) is 0 Å². The standard InChI is InChI=1S/C21H25N3O3/c1-26-19-8-6-18(7-9-19)23-10-12-24(13-11-23)21(25)22-17-14-16-4-2-3-5-20(16)27-15-17/h2-9,17H,10-15H2,1H3,(H,22,25)/t17-/m0/s1. The van der Waals surface area contributed by atoms with E-state index < -0.39 is 0 Å². The Balaban J connectivity index is 1.28. The minimum atomic E-state index is -0.00244. The Morgan fingerprint density at radius 3 is 2.56 bits per heavy atom. The number of anilines is 1. The van der Waals surface area contributed by atoms with Gasteiger partial charge in [-0.3, -0.25) is 0 Å². The molecular weight excluding hydrogens is 342 g/mol. The zero-order valence-electron chi connectivity index (χ0n) is 15.6. The highest BCUT2D eigenvalue weighted by atomic mass is 16.5. The van der Waals surface area contributed by atoms with Crippen molar-refractivity contribution in [1.29, 1.82) is 0 Å². The maximum Gasteiger partial charge on any atom is 0.317 e. The maximum atomic E-state index is 12.6. The van der Waals surface area contributed by atoms with Crippen molar-refractivity contribution in [2.75, 3.05) is 44.8 Å². The number of carbonyl (C=O) groups is 1. The van der Waals surface area contributed by atoms with Gasteiger partial charge in [0.2, 0.25) is 0 Å². The third-order valence-corrected chi connectivity index (χ3v) is 5.21. The number of hydrogen-bond donors (Lipinski definition) is 1. The topological polar surface area (TPSA) is 54.0 Å². The van der Waals surface area contributed by atoms with E-state index in [1.807, 2.05) is 35.2 Å². The third kappa shape index (κ3) is 3.94. The molecule has 2 aromatic carbocycles. The second-order valence-electron chi connectivity index (χ2n) is 6.94. The predicted octanol–water partition coefficient (Wildman–Crippen LogP) is 2.53. The molecule has 2 heterocycles. The molecular formula is C21H25N3O3. The fraction of sp³-hybridized carbons (Fsp3) is 0.381. The monoisotopic (exact) mass is 367 g/mol. The molecule has 0 aromatic heterocycles. The van der Waals surface area contributed by atoms with Crippen molar-refractivity contribution >= 4 is 11.7 Å². The van der Waals surface area contributed by atoms with Gasteiger partial charge in [-0.1, -0.05) is 18.2 Å². The van der Waals surface area contributed by atoms with Gasteiger partial charge in [0.05, 0.1) is 13.2 Å². The first-order chi connectivity index (χ1) is 13.2. The summed E-state index contributed by atoms with van der Waals surface area (Å²) in [5.41, 5.74) is 2.31. The molecule has 0 spiro atoms. The average molecular weight is 367 g/mol. The Bertz CT molecular complexity index is 786. The molecule has 1 atom stereocenters. The van der Waals surface area contributed by atoms with Crippen LogP contribution in [0.4, 0.5) is 10.5 Å². The molecule has 142 valence electrons. The lowest BCUT2D eigenvalue weighted by Gasteiger charge is -2.37. The molecule has 2 aliphatic rings. The summed E-state index contributed by atoms with van der Waals surface area (Å²) < 4.78 is 11.0. The smallest absolute Gasteiger partial charge is 0.317 e. The summed E-state index contributed by atoms with van der Waals surface area (Å²) in [6.07, 6.45) is 0.813. The average Bonchev–Trinajstić information content (AvgIpc) is 2.74. The normalized spacial score (nSPS) is 19.1.